The lowest BCUT2D eigenvalue weighted by Gasteiger charge is -2.09. The molecule has 0 aromatic heterocycles. The number of hydrogen-bond donors (Lipinski definition) is 2. The molecule has 124 valence electrons. The van der Waals surface area contributed by atoms with E-state index in [1.165, 1.54) is 6.07 Å². The lowest BCUT2D eigenvalue weighted by Crippen LogP contribution is -2.00. The van der Waals surface area contributed by atoms with Gasteiger partial charge in [0.1, 0.15) is 11.3 Å². The van der Waals surface area contributed by atoms with Crippen molar-refractivity contribution in [1.82, 2.24) is 0 Å². The molecule has 25 heavy (non-hydrogen) atoms. The third kappa shape index (κ3) is 4.09. The van der Waals surface area contributed by atoms with Crippen LogP contribution in [0.4, 0.5) is 11.4 Å². The van der Waals surface area contributed by atoms with Gasteiger partial charge in [-0.25, -0.2) is 4.79 Å². The van der Waals surface area contributed by atoms with Gasteiger partial charge in [-0.05, 0) is 29.8 Å². The molecule has 0 spiro atoms. The topological polar surface area (TPSA) is 82.2 Å². The molecule has 0 bridgehead atoms. The Bertz CT molecular complexity index is 907. The average molecular weight is 332 g/mol. The van der Waals surface area contributed by atoms with Crippen LogP contribution in [-0.4, -0.2) is 16.2 Å². The van der Waals surface area contributed by atoms with Crippen molar-refractivity contribution in [2.24, 2.45) is 10.2 Å². The largest absolute Gasteiger partial charge is 0.507 e. The predicted molar refractivity (Wildman–Crippen MR) is 94.9 cm³/mol. The van der Waals surface area contributed by atoms with Gasteiger partial charge in [0.25, 0.3) is 0 Å². The highest BCUT2D eigenvalue weighted by atomic mass is 16.4. The lowest BCUT2D eigenvalue weighted by atomic mass is 10.0. The van der Waals surface area contributed by atoms with Crippen molar-refractivity contribution in [3.63, 3.8) is 0 Å². The number of benzene rings is 3. The fraction of sp³-hybridized carbons (Fsp3) is 0.0500. The summed E-state index contributed by atoms with van der Waals surface area (Å²) < 4.78 is 0. The molecule has 0 saturated carbocycles. The van der Waals surface area contributed by atoms with E-state index in [2.05, 4.69) is 10.2 Å². The molecule has 0 heterocycles. The molecular weight excluding hydrogens is 316 g/mol. The molecule has 0 aliphatic rings. The Morgan fingerprint density at radius 3 is 2.08 bits per heavy atom. The minimum absolute atomic E-state index is 0.185. The summed E-state index contributed by atoms with van der Waals surface area (Å²) >= 11 is 0. The van der Waals surface area contributed by atoms with Crippen LogP contribution in [0.25, 0.3) is 0 Å². The molecule has 3 aromatic rings. The van der Waals surface area contributed by atoms with Crippen molar-refractivity contribution in [2.45, 2.75) is 6.42 Å². The van der Waals surface area contributed by atoms with E-state index in [-0.39, 0.29) is 11.3 Å². The SMILES string of the molecule is O=C(O)c1cc(N=Nc2ccccc2)cc(Cc2ccccc2)c1O. The van der Waals surface area contributed by atoms with E-state index in [1.54, 1.807) is 18.2 Å². The van der Waals surface area contributed by atoms with Gasteiger partial charge < -0.3 is 10.2 Å². The fourth-order valence-corrected chi connectivity index (χ4v) is 2.46. The number of carboxylic acid groups (broad SMARTS) is 1. The molecule has 0 amide bonds. The first kappa shape index (κ1) is 16.4. The van der Waals surface area contributed by atoms with Gasteiger partial charge in [0.2, 0.25) is 0 Å². The number of nitrogens with zero attached hydrogens (tertiary/aromatic N) is 2. The van der Waals surface area contributed by atoms with Gasteiger partial charge in [-0.3, -0.25) is 0 Å². The first-order valence-electron chi connectivity index (χ1n) is 7.73. The molecule has 3 aromatic carbocycles. The molecule has 0 aliphatic heterocycles. The number of azo groups is 1. The maximum Gasteiger partial charge on any atom is 0.339 e. The molecule has 0 atom stereocenters. The zero-order chi connectivity index (χ0) is 17.6. The first-order valence-corrected chi connectivity index (χ1v) is 7.73. The maximum atomic E-state index is 11.4. The van der Waals surface area contributed by atoms with Crippen LogP contribution in [0.5, 0.6) is 5.75 Å². The standard InChI is InChI=1S/C20H16N2O3/c23-19-15(11-14-7-3-1-4-8-14)12-17(13-18(19)20(24)25)22-21-16-9-5-2-6-10-16/h1-10,12-13,23H,11H2,(H,24,25). The Kier molecular flexibility index (Phi) is 4.85. The van der Waals surface area contributed by atoms with E-state index in [9.17, 15) is 15.0 Å². The molecule has 0 fully saturated rings. The molecule has 3 rings (SSSR count). The van der Waals surface area contributed by atoms with Crippen molar-refractivity contribution in [3.05, 3.63) is 89.5 Å². The second-order valence-electron chi connectivity index (χ2n) is 5.50. The van der Waals surface area contributed by atoms with Crippen LogP contribution in [-0.2, 0) is 6.42 Å². The molecule has 0 radical (unpaired) electrons. The highest BCUT2D eigenvalue weighted by molar-refractivity contribution is 5.92. The monoisotopic (exact) mass is 332 g/mol. The number of rotatable bonds is 5. The zero-order valence-electron chi connectivity index (χ0n) is 13.3. The molecule has 2 N–H and O–H groups in total. The van der Waals surface area contributed by atoms with Crippen LogP contribution in [0.1, 0.15) is 21.5 Å². The van der Waals surface area contributed by atoms with E-state index < -0.39 is 5.97 Å². The molecule has 0 unspecified atom stereocenters. The summed E-state index contributed by atoms with van der Waals surface area (Å²) in [6.07, 6.45) is 0.404. The summed E-state index contributed by atoms with van der Waals surface area (Å²) in [5.41, 5.74) is 2.32. The van der Waals surface area contributed by atoms with Gasteiger partial charge in [0.05, 0.1) is 11.4 Å². The van der Waals surface area contributed by atoms with E-state index in [4.69, 9.17) is 0 Å². The van der Waals surface area contributed by atoms with Crippen molar-refractivity contribution in [3.8, 4) is 5.75 Å². The van der Waals surface area contributed by atoms with E-state index in [0.29, 0.717) is 23.4 Å². The number of carboxylic acids is 1. The number of phenols is 1. The molecule has 0 saturated heterocycles. The van der Waals surface area contributed by atoms with E-state index in [1.807, 2.05) is 48.5 Å². The number of hydrogen-bond acceptors (Lipinski definition) is 4. The van der Waals surface area contributed by atoms with Crippen LogP contribution >= 0.6 is 0 Å². The van der Waals surface area contributed by atoms with Gasteiger partial charge in [0, 0.05) is 12.0 Å². The third-order valence-corrected chi connectivity index (χ3v) is 3.68. The van der Waals surface area contributed by atoms with Crippen LogP contribution < -0.4 is 0 Å². The van der Waals surface area contributed by atoms with Crippen molar-refractivity contribution >= 4 is 17.3 Å². The Labute approximate surface area is 144 Å². The van der Waals surface area contributed by atoms with Gasteiger partial charge in [-0.1, -0.05) is 48.5 Å². The summed E-state index contributed by atoms with van der Waals surface area (Å²) in [6.45, 7) is 0. The van der Waals surface area contributed by atoms with Crippen LogP contribution in [0.15, 0.2) is 83.0 Å². The lowest BCUT2D eigenvalue weighted by molar-refractivity contribution is 0.0693. The Balaban J connectivity index is 1.98. The number of aromatic hydroxyl groups is 1. The molecular formula is C20H16N2O3. The third-order valence-electron chi connectivity index (χ3n) is 3.68. The van der Waals surface area contributed by atoms with Crippen LogP contribution in [0, 0.1) is 0 Å². The van der Waals surface area contributed by atoms with Crippen LogP contribution in [0.2, 0.25) is 0 Å². The minimum Gasteiger partial charge on any atom is -0.507 e. The predicted octanol–water partition coefficient (Wildman–Crippen LogP) is 5.10. The van der Waals surface area contributed by atoms with Crippen molar-refractivity contribution in [2.75, 3.05) is 0 Å². The Morgan fingerprint density at radius 2 is 1.44 bits per heavy atom. The van der Waals surface area contributed by atoms with Crippen LogP contribution in [0.3, 0.4) is 0 Å². The number of carbonyl (C=O) groups is 1. The summed E-state index contributed by atoms with van der Waals surface area (Å²) in [6, 6.07) is 21.6. The van der Waals surface area contributed by atoms with Gasteiger partial charge in [0.15, 0.2) is 0 Å². The first-order chi connectivity index (χ1) is 12.1. The smallest absolute Gasteiger partial charge is 0.339 e. The summed E-state index contributed by atoms with van der Waals surface area (Å²) in [4.78, 5) is 11.4. The molecule has 5 nitrogen and oxygen atoms in total. The summed E-state index contributed by atoms with van der Waals surface area (Å²) in [7, 11) is 0. The molecule has 0 aliphatic carbocycles. The average Bonchev–Trinajstić information content (AvgIpc) is 2.63. The summed E-state index contributed by atoms with van der Waals surface area (Å²) in [5, 5.41) is 27.8. The van der Waals surface area contributed by atoms with E-state index >= 15 is 0 Å². The highest BCUT2D eigenvalue weighted by Crippen LogP contribution is 2.31. The van der Waals surface area contributed by atoms with Crippen molar-refractivity contribution < 1.29 is 15.0 Å². The number of aromatic carboxylic acids is 1. The normalized spacial score (nSPS) is 10.9. The highest BCUT2D eigenvalue weighted by Gasteiger charge is 2.16. The van der Waals surface area contributed by atoms with Crippen molar-refractivity contribution in [1.29, 1.82) is 0 Å². The minimum atomic E-state index is -1.21. The van der Waals surface area contributed by atoms with Gasteiger partial charge in [-0.2, -0.15) is 10.2 Å². The quantitative estimate of drug-likeness (QED) is 0.638. The zero-order valence-corrected chi connectivity index (χ0v) is 13.3. The van der Waals surface area contributed by atoms with Gasteiger partial charge >= 0.3 is 5.97 Å². The second kappa shape index (κ2) is 7.40. The molecule has 5 heteroatoms. The Morgan fingerprint density at radius 1 is 0.840 bits per heavy atom. The van der Waals surface area contributed by atoms with Gasteiger partial charge in [-0.15, -0.1) is 0 Å². The fourth-order valence-electron chi connectivity index (χ4n) is 2.46. The maximum absolute atomic E-state index is 11.4. The Hall–Kier alpha value is -3.47. The summed E-state index contributed by atoms with van der Waals surface area (Å²) in [5.74, 6) is -1.45. The van der Waals surface area contributed by atoms with E-state index in [0.717, 1.165) is 5.56 Å². The second-order valence-corrected chi connectivity index (χ2v) is 5.50.